The normalized spacial score (nSPS) is 20.0. The summed E-state index contributed by atoms with van der Waals surface area (Å²) in [5.74, 6) is 0.0813. The molecule has 0 saturated carbocycles. The van der Waals surface area contributed by atoms with Gasteiger partial charge in [0, 0.05) is 51.3 Å². The van der Waals surface area contributed by atoms with Crippen LogP contribution in [0, 0.1) is 0 Å². The maximum atomic E-state index is 13.5. The van der Waals surface area contributed by atoms with E-state index in [9.17, 15) is 9.59 Å². The molecule has 1 N–H and O–H groups in total. The summed E-state index contributed by atoms with van der Waals surface area (Å²) >= 11 is 12.8. The van der Waals surface area contributed by atoms with Gasteiger partial charge in [-0.3, -0.25) is 4.79 Å². The van der Waals surface area contributed by atoms with Crippen molar-refractivity contribution in [1.29, 1.82) is 0 Å². The van der Waals surface area contributed by atoms with Crippen molar-refractivity contribution in [2.24, 2.45) is 0 Å². The summed E-state index contributed by atoms with van der Waals surface area (Å²) < 4.78 is 0. The average molecular weight is 658 g/mol. The summed E-state index contributed by atoms with van der Waals surface area (Å²) in [7, 11) is 3.57. The van der Waals surface area contributed by atoms with E-state index in [1.807, 2.05) is 65.6 Å². The number of benzene rings is 3. The number of halogens is 3. The first-order valence-corrected chi connectivity index (χ1v) is 16.0. The molecular weight excluding hydrogens is 615 g/mol. The van der Waals surface area contributed by atoms with E-state index in [2.05, 4.69) is 28.4 Å². The summed E-state index contributed by atoms with van der Waals surface area (Å²) in [6, 6.07) is 25.8. The average Bonchev–Trinajstić information content (AvgIpc) is 3.03. The van der Waals surface area contributed by atoms with Gasteiger partial charge < -0.3 is 20.0 Å². The van der Waals surface area contributed by atoms with Crippen LogP contribution in [0.1, 0.15) is 60.0 Å². The molecule has 44 heavy (non-hydrogen) atoms. The summed E-state index contributed by atoms with van der Waals surface area (Å²) in [5.41, 5.74) is 2.47. The maximum absolute atomic E-state index is 13.5. The molecule has 3 amide bonds. The van der Waals surface area contributed by atoms with Crippen molar-refractivity contribution in [2.45, 2.75) is 49.5 Å². The molecule has 9 heteroatoms. The predicted octanol–water partition coefficient (Wildman–Crippen LogP) is 7.63. The molecule has 2 saturated heterocycles. The zero-order valence-electron chi connectivity index (χ0n) is 25.6. The molecule has 236 valence electrons. The van der Waals surface area contributed by atoms with E-state index in [1.54, 1.807) is 19.0 Å². The first-order chi connectivity index (χ1) is 20.7. The van der Waals surface area contributed by atoms with E-state index in [0.717, 1.165) is 81.4 Å². The predicted molar refractivity (Wildman–Crippen MR) is 182 cm³/mol. The fourth-order valence-electron chi connectivity index (χ4n) is 6.84. The number of rotatable bonds is 8. The Morgan fingerprint density at radius 1 is 0.841 bits per heavy atom. The van der Waals surface area contributed by atoms with Gasteiger partial charge in [0.2, 0.25) is 0 Å². The third-order valence-electron chi connectivity index (χ3n) is 9.33. The molecule has 2 aliphatic rings. The van der Waals surface area contributed by atoms with Gasteiger partial charge in [0.25, 0.3) is 5.91 Å². The molecule has 0 bridgehead atoms. The van der Waals surface area contributed by atoms with Gasteiger partial charge in [-0.1, -0.05) is 77.8 Å². The van der Waals surface area contributed by atoms with E-state index in [-0.39, 0.29) is 35.3 Å². The molecule has 3 aromatic rings. The largest absolute Gasteiger partial charge is 0.338 e. The molecule has 1 atom stereocenters. The van der Waals surface area contributed by atoms with Gasteiger partial charge in [-0.2, -0.15) is 0 Å². The highest BCUT2D eigenvalue weighted by Gasteiger charge is 2.40. The van der Waals surface area contributed by atoms with Crippen LogP contribution in [0.3, 0.4) is 0 Å². The molecular formula is C35H43Cl3N4O2. The first-order valence-electron chi connectivity index (χ1n) is 15.3. The SMILES string of the molecule is CN(C)C(=O)NC1(c2ccccc2)CCN(CCC[C@]2(c3ccc(Cl)c(Cl)c3)CCCN(C(=O)c3ccccc3)C2)CC1.Cl. The second-order valence-electron chi connectivity index (χ2n) is 12.3. The lowest BCUT2D eigenvalue weighted by Crippen LogP contribution is -2.55. The molecule has 2 fully saturated rings. The minimum atomic E-state index is -0.373. The summed E-state index contributed by atoms with van der Waals surface area (Å²) in [5, 5.41) is 4.44. The Morgan fingerprint density at radius 2 is 1.50 bits per heavy atom. The van der Waals surface area contributed by atoms with E-state index in [1.165, 1.54) is 0 Å². The van der Waals surface area contributed by atoms with Gasteiger partial charge in [0.05, 0.1) is 15.6 Å². The molecule has 6 nitrogen and oxygen atoms in total. The highest BCUT2D eigenvalue weighted by atomic mass is 35.5. The van der Waals surface area contributed by atoms with Crippen LogP contribution in [-0.2, 0) is 11.0 Å². The Hall–Kier alpha value is -2.77. The first kappa shape index (κ1) is 34.1. The van der Waals surface area contributed by atoms with Crippen molar-refractivity contribution in [2.75, 3.05) is 46.8 Å². The standard InChI is InChI=1S/C35H42Cl2N4O2.ClH/c1-39(2)33(43)38-35(28-13-7-4-8-14-28)19-23-40(24-20-35)21-9-17-34(29-15-16-30(36)31(37)25-29)18-10-22-41(26-34)32(42)27-11-5-3-6-12-27;/h3-8,11-16,25H,9-10,17-24,26H2,1-2H3,(H,38,43);1H/t34-;/m0./s1. The fraction of sp³-hybridized carbons (Fsp3) is 0.429. The zero-order chi connectivity index (χ0) is 30.5. The van der Waals surface area contributed by atoms with Gasteiger partial charge in [-0.05, 0) is 80.5 Å². The third-order valence-corrected chi connectivity index (χ3v) is 10.1. The second-order valence-corrected chi connectivity index (χ2v) is 13.1. The van der Waals surface area contributed by atoms with Crippen molar-refractivity contribution in [1.82, 2.24) is 20.0 Å². The van der Waals surface area contributed by atoms with Crippen molar-refractivity contribution in [3.63, 3.8) is 0 Å². The van der Waals surface area contributed by atoms with Gasteiger partial charge in [0.15, 0.2) is 0 Å². The lowest BCUT2D eigenvalue weighted by Gasteiger charge is -2.45. The number of carbonyl (C=O) groups excluding carboxylic acids is 2. The number of nitrogens with zero attached hydrogens (tertiary/aromatic N) is 3. The number of nitrogens with one attached hydrogen (secondary N) is 1. The van der Waals surface area contributed by atoms with Gasteiger partial charge in [-0.15, -0.1) is 12.4 Å². The fourth-order valence-corrected chi connectivity index (χ4v) is 7.14. The van der Waals surface area contributed by atoms with Crippen molar-refractivity contribution >= 4 is 47.5 Å². The number of hydrogen-bond acceptors (Lipinski definition) is 3. The Bertz CT molecular complexity index is 1400. The Kier molecular flexibility index (Phi) is 11.6. The summed E-state index contributed by atoms with van der Waals surface area (Å²) in [4.78, 5) is 32.4. The van der Waals surface area contributed by atoms with E-state index in [4.69, 9.17) is 23.2 Å². The maximum Gasteiger partial charge on any atom is 0.317 e. The minimum Gasteiger partial charge on any atom is -0.338 e. The Morgan fingerprint density at radius 3 is 2.14 bits per heavy atom. The van der Waals surface area contributed by atoms with Crippen LogP contribution in [-0.4, -0.2) is 73.5 Å². The number of carbonyl (C=O) groups is 2. The smallest absolute Gasteiger partial charge is 0.317 e. The van der Waals surface area contributed by atoms with Gasteiger partial charge >= 0.3 is 6.03 Å². The van der Waals surface area contributed by atoms with E-state index < -0.39 is 0 Å². The van der Waals surface area contributed by atoms with Crippen LogP contribution in [0.2, 0.25) is 10.0 Å². The molecule has 3 aromatic carbocycles. The number of urea groups is 1. The van der Waals surface area contributed by atoms with Crippen LogP contribution < -0.4 is 5.32 Å². The van der Waals surface area contributed by atoms with Crippen LogP contribution in [0.15, 0.2) is 78.9 Å². The Labute approximate surface area is 278 Å². The van der Waals surface area contributed by atoms with Crippen LogP contribution in [0.5, 0.6) is 0 Å². The lowest BCUT2D eigenvalue weighted by molar-refractivity contribution is 0.0616. The molecule has 0 radical (unpaired) electrons. The van der Waals surface area contributed by atoms with Crippen LogP contribution in [0.25, 0.3) is 0 Å². The van der Waals surface area contributed by atoms with Gasteiger partial charge in [-0.25, -0.2) is 4.79 Å². The molecule has 5 rings (SSSR count). The number of hydrogen-bond donors (Lipinski definition) is 1. The highest BCUT2D eigenvalue weighted by Crippen LogP contribution is 2.41. The third kappa shape index (κ3) is 7.71. The van der Waals surface area contributed by atoms with Crippen LogP contribution >= 0.6 is 35.6 Å². The summed E-state index contributed by atoms with van der Waals surface area (Å²) in [6.07, 6.45) is 5.59. The molecule has 2 heterocycles. The van der Waals surface area contributed by atoms with Crippen molar-refractivity contribution in [3.8, 4) is 0 Å². The zero-order valence-corrected chi connectivity index (χ0v) is 27.9. The van der Waals surface area contributed by atoms with Crippen LogP contribution in [0.4, 0.5) is 4.79 Å². The summed E-state index contributed by atoms with van der Waals surface area (Å²) in [6.45, 7) is 4.18. The molecule has 0 unspecified atom stereocenters. The van der Waals surface area contributed by atoms with Crippen molar-refractivity contribution in [3.05, 3.63) is 106 Å². The topological polar surface area (TPSA) is 55.9 Å². The monoisotopic (exact) mass is 656 g/mol. The molecule has 0 spiro atoms. The van der Waals surface area contributed by atoms with Gasteiger partial charge in [0.1, 0.15) is 0 Å². The molecule has 0 aromatic heterocycles. The minimum absolute atomic E-state index is 0. The van der Waals surface area contributed by atoms with E-state index >= 15 is 0 Å². The second kappa shape index (κ2) is 15.0. The highest BCUT2D eigenvalue weighted by molar-refractivity contribution is 6.42. The molecule has 0 aliphatic carbocycles. The Balaban J connectivity index is 0.00000442. The number of amides is 3. The quantitative estimate of drug-likeness (QED) is 0.271. The molecule has 2 aliphatic heterocycles. The number of likely N-dealkylation sites (tertiary alicyclic amines) is 2. The van der Waals surface area contributed by atoms with Crippen molar-refractivity contribution < 1.29 is 9.59 Å². The lowest BCUT2D eigenvalue weighted by atomic mass is 9.70. The van der Waals surface area contributed by atoms with E-state index in [0.29, 0.717) is 16.6 Å². The number of piperidine rings is 2.